The first-order valence-corrected chi connectivity index (χ1v) is 12.2. The number of benzene rings is 1. The number of anilines is 1. The highest BCUT2D eigenvalue weighted by Crippen LogP contribution is 2.46. The minimum absolute atomic E-state index is 0.0178. The number of piperidine rings is 1. The standard InChI is InChI=1S/C25H24Cl2FN3O4/c26-18-2-1-3-19(27)21(18)22-17(23(35-30-22)15-4-5-15)13-34-14-25(28)8-10-31(11-9-25)16-6-7-20(24(32)33)29-12-16/h1-3,6-7,12,15H,4-5,8-11,13-14H2,(H,32,33). The van der Waals surface area contributed by atoms with E-state index in [0.29, 0.717) is 40.3 Å². The molecule has 2 fully saturated rings. The van der Waals surface area contributed by atoms with Crippen molar-refractivity contribution in [2.45, 2.75) is 43.9 Å². The molecule has 1 saturated carbocycles. The fourth-order valence-electron chi connectivity index (χ4n) is 4.39. The van der Waals surface area contributed by atoms with Crippen LogP contribution in [0.2, 0.25) is 10.0 Å². The molecule has 35 heavy (non-hydrogen) atoms. The first kappa shape index (κ1) is 24.0. The third-order valence-corrected chi connectivity index (χ3v) is 7.20. The van der Waals surface area contributed by atoms with Gasteiger partial charge < -0.3 is 19.3 Å². The first-order valence-electron chi connectivity index (χ1n) is 11.5. The third kappa shape index (κ3) is 5.15. The number of halogens is 3. The summed E-state index contributed by atoms with van der Waals surface area (Å²) in [6.07, 6.45) is 4.12. The van der Waals surface area contributed by atoms with Gasteiger partial charge in [-0.05, 0) is 37.1 Å². The third-order valence-electron chi connectivity index (χ3n) is 6.57. The molecule has 1 saturated heterocycles. The predicted molar refractivity (Wildman–Crippen MR) is 130 cm³/mol. The van der Waals surface area contributed by atoms with Gasteiger partial charge in [0.2, 0.25) is 0 Å². The number of hydrogen-bond acceptors (Lipinski definition) is 6. The maximum absolute atomic E-state index is 15.6. The summed E-state index contributed by atoms with van der Waals surface area (Å²) in [5.74, 6) is -0.0245. The van der Waals surface area contributed by atoms with Crippen LogP contribution in [-0.4, -0.2) is 46.6 Å². The van der Waals surface area contributed by atoms with Crippen molar-refractivity contribution in [2.24, 2.45) is 0 Å². The Labute approximate surface area is 211 Å². The van der Waals surface area contributed by atoms with Gasteiger partial charge in [-0.1, -0.05) is 34.4 Å². The Kier molecular flexibility index (Phi) is 6.70. The summed E-state index contributed by atoms with van der Waals surface area (Å²) >= 11 is 12.8. The van der Waals surface area contributed by atoms with E-state index in [0.717, 1.165) is 29.9 Å². The Hall–Kier alpha value is -2.68. The SMILES string of the molecule is O=C(O)c1ccc(N2CCC(F)(COCc3c(-c4c(Cl)cccc4Cl)noc3C3CC3)CC2)cn1. The lowest BCUT2D eigenvalue weighted by molar-refractivity contribution is -0.00757. The second-order valence-corrected chi connectivity index (χ2v) is 9.90. The number of nitrogens with zero attached hydrogens (tertiary/aromatic N) is 3. The van der Waals surface area contributed by atoms with E-state index in [1.165, 1.54) is 12.3 Å². The van der Waals surface area contributed by atoms with Crippen LogP contribution in [0.1, 0.15) is 53.4 Å². The zero-order valence-electron chi connectivity index (χ0n) is 18.8. The van der Waals surface area contributed by atoms with Crippen molar-refractivity contribution >= 4 is 34.9 Å². The molecule has 2 aliphatic rings. The largest absolute Gasteiger partial charge is 0.477 e. The van der Waals surface area contributed by atoms with Crippen LogP contribution in [-0.2, 0) is 11.3 Å². The highest BCUT2D eigenvalue weighted by atomic mass is 35.5. The number of hydrogen-bond donors (Lipinski definition) is 1. The quantitative estimate of drug-likeness (QED) is 0.382. The number of carbonyl (C=O) groups is 1. The molecule has 0 unspecified atom stereocenters. The predicted octanol–water partition coefficient (Wildman–Crippen LogP) is 6.14. The Bertz CT molecular complexity index is 1200. The van der Waals surface area contributed by atoms with E-state index < -0.39 is 11.6 Å². The van der Waals surface area contributed by atoms with Crippen LogP contribution < -0.4 is 4.90 Å². The van der Waals surface area contributed by atoms with Crippen LogP contribution >= 0.6 is 23.2 Å². The zero-order chi connectivity index (χ0) is 24.6. The van der Waals surface area contributed by atoms with E-state index in [2.05, 4.69) is 10.1 Å². The lowest BCUT2D eigenvalue weighted by Gasteiger charge is -2.37. The Morgan fingerprint density at radius 3 is 2.51 bits per heavy atom. The number of aromatic nitrogens is 2. The van der Waals surface area contributed by atoms with Gasteiger partial charge in [-0.25, -0.2) is 14.2 Å². The molecule has 7 nitrogen and oxygen atoms in total. The Morgan fingerprint density at radius 2 is 1.91 bits per heavy atom. The van der Waals surface area contributed by atoms with Gasteiger partial charge in [0.15, 0.2) is 0 Å². The summed E-state index contributed by atoms with van der Waals surface area (Å²) in [6, 6.07) is 8.41. The summed E-state index contributed by atoms with van der Waals surface area (Å²) in [6.45, 7) is 1.06. The number of rotatable bonds is 8. The minimum Gasteiger partial charge on any atom is -0.477 e. The highest BCUT2D eigenvalue weighted by Gasteiger charge is 2.37. The van der Waals surface area contributed by atoms with E-state index in [4.69, 9.17) is 37.6 Å². The second-order valence-electron chi connectivity index (χ2n) is 9.08. The second kappa shape index (κ2) is 9.76. The van der Waals surface area contributed by atoms with Crippen LogP contribution in [0.4, 0.5) is 10.1 Å². The number of aromatic carboxylic acids is 1. The summed E-state index contributed by atoms with van der Waals surface area (Å²) in [4.78, 5) is 16.9. The van der Waals surface area contributed by atoms with E-state index in [1.807, 2.05) is 4.90 Å². The molecule has 10 heteroatoms. The van der Waals surface area contributed by atoms with Gasteiger partial charge in [0.05, 0.1) is 35.1 Å². The number of carboxylic acid groups (broad SMARTS) is 1. The molecule has 3 aromatic rings. The molecule has 2 aromatic heterocycles. The number of pyridine rings is 1. The normalized spacial score (nSPS) is 17.5. The van der Waals surface area contributed by atoms with Crippen molar-refractivity contribution in [2.75, 3.05) is 24.6 Å². The van der Waals surface area contributed by atoms with E-state index in [9.17, 15) is 4.79 Å². The van der Waals surface area contributed by atoms with E-state index in [-0.39, 0.29) is 31.7 Å². The summed E-state index contributed by atoms with van der Waals surface area (Å²) in [5, 5.41) is 14.2. The summed E-state index contributed by atoms with van der Waals surface area (Å²) in [7, 11) is 0. The van der Waals surface area contributed by atoms with Crippen LogP contribution in [0.25, 0.3) is 11.3 Å². The molecular formula is C25H24Cl2FN3O4. The molecule has 184 valence electrons. The van der Waals surface area contributed by atoms with Gasteiger partial charge in [-0.15, -0.1) is 0 Å². The molecular weight excluding hydrogens is 496 g/mol. The van der Waals surface area contributed by atoms with Crippen LogP contribution in [0, 0.1) is 0 Å². The molecule has 0 atom stereocenters. The monoisotopic (exact) mass is 519 g/mol. The topological polar surface area (TPSA) is 88.7 Å². The molecule has 5 rings (SSSR count). The fourth-order valence-corrected chi connectivity index (χ4v) is 4.97. The van der Waals surface area contributed by atoms with Gasteiger partial charge in [0, 0.05) is 43.0 Å². The van der Waals surface area contributed by atoms with Crippen molar-refractivity contribution in [3.05, 3.63) is 63.6 Å². The summed E-state index contributed by atoms with van der Waals surface area (Å²) < 4.78 is 27.1. The number of ether oxygens (including phenoxy) is 1. The molecule has 0 amide bonds. The molecule has 0 radical (unpaired) electrons. The van der Waals surface area contributed by atoms with Crippen molar-refractivity contribution < 1.29 is 23.6 Å². The average Bonchev–Trinajstić information content (AvgIpc) is 3.61. The van der Waals surface area contributed by atoms with Crippen LogP contribution in [0.5, 0.6) is 0 Å². The summed E-state index contributed by atoms with van der Waals surface area (Å²) in [5.41, 5.74) is 1.20. The molecule has 0 bridgehead atoms. The molecule has 1 aliphatic heterocycles. The highest BCUT2D eigenvalue weighted by molar-refractivity contribution is 6.39. The molecule has 1 aromatic carbocycles. The lowest BCUT2D eigenvalue weighted by atomic mass is 9.94. The van der Waals surface area contributed by atoms with Gasteiger partial charge in [-0.3, -0.25) is 0 Å². The Morgan fingerprint density at radius 1 is 1.20 bits per heavy atom. The average molecular weight is 520 g/mol. The molecule has 1 aliphatic carbocycles. The van der Waals surface area contributed by atoms with Crippen molar-refractivity contribution in [1.29, 1.82) is 0 Å². The Balaban J connectivity index is 1.23. The molecule has 1 N–H and O–H groups in total. The van der Waals surface area contributed by atoms with Crippen LogP contribution in [0.3, 0.4) is 0 Å². The maximum atomic E-state index is 15.6. The van der Waals surface area contributed by atoms with Crippen molar-refractivity contribution in [3.63, 3.8) is 0 Å². The number of carboxylic acids is 1. The molecule has 3 heterocycles. The maximum Gasteiger partial charge on any atom is 0.354 e. The van der Waals surface area contributed by atoms with Gasteiger partial charge in [-0.2, -0.15) is 0 Å². The van der Waals surface area contributed by atoms with E-state index >= 15 is 4.39 Å². The zero-order valence-corrected chi connectivity index (χ0v) is 20.4. The van der Waals surface area contributed by atoms with Crippen LogP contribution in [0.15, 0.2) is 41.1 Å². The lowest BCUT2D eigenvalue weighted by Crippen LogP contribution is -2.44. The fraction of sp³-hybridized carbons (Fsp3) is 0.400. The minimum atomic E-state index is -1.47. The van der Waals surface area contributed by atoms with Gasteiger partial charge in [0.25, 0.3) is 0 Å². The van der Waals surface area contributed by atoms with Gasteiger partial charge >= 0.3 is 5.97 Å². The smallest absolute Gasteiger partial charge is 0.354 e. The van der Waals surface area contributed by atoms with Crippen molar-refractivity contribution in [1.82, 2.24) is 10.1 Å². The first-order chi connectivity index (χ1) is 16.8. The number of alkyl halides is 1. The molecule has 0 spiro atoms. The van der Waals surface area contributed by atoms with Gasteiger partial charge in [0.1, 0.15) is 22.8 Å². The van der Waals surface area contributed by atoms with Crippen molar-refractivity contribution in [3.8, 4) is 11.3 Å². The van der Waals surface area contributed by atoms with E-state index in [1.54, 1.807) is 24.3 Å².